The highest BCUT2D eigenvalue weighted by Gasteiger charge is 2.54. The van der Waals surface area contributed by atoms with Crippen LogP contribution >= 0.6 is 0 Å². The molecule has 0 bridgehead atoms. The number of hydrogen-bond acceptors (Lipinski definition) is 7. The van der Waals surface area contributed by atoms with E-state index in [9.17, 15) is 0 Å². The first-order chi connectivity index (χ1) is 21.7. The van der Waals surface area contributed by atoms with E-state index in [1.807, 2.05) is 0 Å². The summed E-state index contributed by atoms with van der Waals surface area (Å²) in [6, 6.07) is 26.3. The Morgan fingerprint density at radius 1 is 0.523 bits per heavy atom. The third-order valence-electron chi connectivity index (χ3n) is 8.54. The molecule has 2 aromatic carbocycles. The summed E-state index contributed by atoms with van der Waals surface area (Å²) in [7, 11) is 0. The largest absolute Gasteiger partial charge is 0.370 e. The van der Waals surface area contributed by atoms with Gasteiger partial charge in [-0.3, -0.25) is 0 Å². The topological polar surface area (TPSA) is 87.7 Å². The zero-order valence-electron chi connectivity index (χ0n) is 26.9. The Kier molecular flexibility index (Phi) is 11.2. The Morgan fingerprint density at radius 3 is 1.55 bits per heavy atom. The van der Waals surface area contributed by atoms with Crippen LogP contribution in [0.2, 0.25) is 0 Å². The average molecular weight is 592 g/mol. The quantitative estimate of drug-likeness (QED) is 0.120. The summed E-state index contributed by atoms with van der Waals surface area (Å²) in [5.74, 6) is 4.16. The van der Waals surface area contributed by atoms with Crippen molar-refractivity contribution in [2.24, 2.45) is 0 Å². The minimum absolute atomic E-state index is 0.151. The van der Waals surface area contributed by atoms with E-state index in [0.717, 1.165) is 87.0 Å². The van der Waals surface area contributed by atoms with E-state index in [0.29, 0.717) is 5.95 Å². The molecule has 1 saturated carbocycles. The summed E-state index contributed by atoms with van der Waals surface area (Å²) in [6.45, 7) is 11.4. The molecule has 0 saturated heterocycles. The van der Waals surface area contributed by atoms with E-state index in [4.69, 9.17) is 19.9 Å². The number of rotatable bonds is 16. The lowest BCUT2D eigenvalue weighted by molar-refractivity contribution is 0.219. The van der Waals surface area contributed by atoms with Crippen molar-refractivity contribution in [3.63, 3.8) is 0 Å². The average Bonchev–Trinajstić information content (AvgIpc) is 3.05. The summed E-state index contributed by atoms with van der Waals surface area (Å²) in [6.07, 6.45) is 6.18. The van der Waals surface area contributed by atoms with Crippen molar-refractivity contribution in [3.8, 4) is 0 Å². The Hall–Kier alpha value is -4.00. The van der Waals surface area contributed by atoms with Crippen LogP contribution in [-0.2, 0) is 6.42 Å². The van der Waals surface area contributed by atoms with Crippen molar-refractivity contribution in [2.45, 2.75) is 89.9 Å². The van der Waals surface area contributed by atoms with Crippen molar-refractivity contribution in [1.82, 2.24) is 19.9 Å². The second-order valence-electron chi connectivity index (χ2n) is 11.9. The molecule has 232 valence electrons. The fraction of sp³-hybridized carbons (Fsp3) is 0.459. The number of nitrogens with zero attached hydrogens (tertiary/aromatic N) is 4. The third-order valence-corrected chi connectivity index (χ3v) is 8.54. The van der Waals surface area contributed by atoms with Gasteiger partial charge in [0.25, 0.3) is 0 Å². The number of hydrogen-bond donors (Lipinski definition) is 3. The van der Waals surface area contributed by atoms with E-state index < -0.39 is 0 Å². The number of aryl methyl sites for hydroxylation is 1. The van der Waals surface area contributed by atoms with E-state index in [1.165, 1.54) is 11.1 Å². The molecule has 5 rings (SSSR count). The lowest BCUT2D eigenvalue weighted by Crippen LogP contribution is -2.41. The molecule has 1 aliphatic rings. The molecule has 1 fully saturated rings. The van der Waals surface area contributed by atoms with Crippen molar-refractivity contribution in [1.29, 1.82) is 0 Å². The second kappa shape index (κ2) is 15.6. The second-order valence-corrected chi connectivity index (χ2v) is 11.9. The van der Waals surface area contributed by atoms with Crippen molar-refractivity contribution >= 4 is 17.6 Å². The number of anilines is 3. The van der Waals surface area contributed by atoms with Crippen molar-refractivity contribution in [3.05, 3.63) is 101 Å². The van der Waals surface area contributed by atoms with Gasteiger partial charge in [0.15, 0.2) is 0 Å². The molecule has 7 heteroatoms. The highest BCUT2D eigenvalue weighted by atomic mass is 15.1. The van der Waals surface area contributed by atoms with Gasteiger partial charge in [0.05, 0.1) is 11.4 Å². The van der Waals surface area contributed by atoms with Crippen LogP contribution < -0.4 is 16.0 Å². The minimum atomic E-state index is 0.151. The molecular weight excluding hydrogens is 542 g/mol. The van der Waals surface area contributed by atoms with E-state index in [-0.39, 0.29) is 23.7 Å². The van der Waals surface area contributed by atoms with Crippen LogP contribution in [0.15, 0.2) is 72.8 Å². The van der Waals surface area contributed by atoms with Crippen molar-refractivity contribution in [2.75, 3.05) is 35.6 Å². The molecule has 44 heavy (non-hydrogen) atoms. The molecule has 0 aliphatic heterocycles. The van der Waals surface area contributed by atoms with Gasteiger partial charge < -0.3 is 16.0 Å². The Labute approximate surface area is 263 Å². The first kappa shape index (κ1) is 31.4. The lowest BCUT2D eigenvalue weighted by Gasteiger charge is -2.52. The van der Waals surface area contributed by atoms with Gasteiger partial charge in [0, 0.05) is 61.9 Å². The van der Waals surface area contributed by atoms with Crippen LogP contribution in [0.1, 0.15) is 112 Å². The van der Waals surface area contributed by atoms with Crippen LogP contribution in [0.4, 0.5) is 17.6 Å². The molecule has 0 unspecified atom stereocenters. The SMILES string of the molecule is CCCCc1nc(NCCC)cc(C2[C@@H](c3ccccc3)C(c3cc(NCCC)nc(NCCC)n3)[C@@H]2c2ccccc2)n1. The third kappa shape index (κ3) is 7.37. The fourth-order valence-corrected chi connectivity index (χ4v) is 6.44. The summed E-state index contributed by atoms with van der Waals surface area (Å²) in [4.78, 5) is 20.3. The van der Waals surface area contributed by atoms with Crippen LogP contribution in [0.25, 0.3) is 0 Å². The summed E-state index contributed by atoms with van der Waals surface area (Å²) < 4.78 is 0. The maximum atomic E-state index is 5.29. The predicted octanol–water partition coefficient (Wildman–Crippen LogP) is 8.52. The van der Waals surface area contributed by atoms with Gasteiger partial charge in [-0.15, -0.1) is 0 Å². The van der Waals surface area contributed by atoms with Crippen molar-refractivity contribution < 1.29 is 0 Å². The number of benzene rings is 2. The summed E-state index contributed by atoms with van der Waals surface area (Å²) >= 11 is 0. The minimum Gasteiger partial charge on any atom is -0.370 e. The normalized spacial score (nSPS) is 19.3. The molecule has 0 radical (unpaired) electrons. The zero-order chi connectivity index (χ0) is 30.7. The highest BCUT2D eigenvalue weighted by molar-refractivity contribution is 5.51. The van der Waals surface area contributed by atoms with Gasteiger partial charge in [-0.1, -0.05) is 94.8 Å². The van der Waals surface area contributed by atoms with Gasteiger partial charge >= 0.3 is 0 Å². The Balaban J connectivity index is 1.67. The number of unbranched alkanes of at least 4 members (excludes halogenated alkanes) is 1. The maximum absolute atomic E-state index is 5.29. The zero-order valence-corrected chi connectivity index (χ0v) is 26.9. The molecule has 7 nitrogen and oxygen atoms in total. The van der Waals surface area contributed by atoms with Gasteiger partial charge in [-0.05, 0) is 36.8 Å². The number of aromatic nitrogens is 4. The first-order valence-electron chi connectivity index (χ1n) is 16.7. The molecule has 2 aromatic heterocycles. The summed E-state index contributed by atoms with van der Waals surface area (Å²) in [5, 5.41) is 10.6. The standard InChI is InChI=1S/C37H49N7/c1-5-9-20-30-41-28(24-31(43-30)38-21-6-2)35-33(26-16-12-10-13-17-26)36(34(35)27-18-14-11-15-19-27)29-25-32(39-22-7-3)44-37(42-29)40-23-8-4/h10-19,24-25,33-36H,5-9,20-23H2,1-4H3,(H,38,41,43)(H2,39,40,42,44)/t33-,34-,35?,36?/m1/s1. The van der Waals surface area contributed by atoms with Crippen LogP contribution in [0.5, 0.6) is 0 Å². The first-order valence-corrected chi connectivity index (χ1v) is 16.7. The van der Waals surface area contributed by atoms with Crippen LogP contribution in [-0.4, -0.2) is 39.6 Å². The van der Waals surface area contributed by atoms with Gasteiger partial charge in [-0.2, -0.15) is 4.98 Å². The molecule has 2 heterocycles. The monoisotopic (exact) mass is 591 g/mol. The maximum Gasteiger partial charge on any atom is 0.224 e. The molecule has 0 amide bonds. The molecule has 2 atom stereocenters. The molecule has 3 N–H and O–H groups in total. The van der Waals surface area contributed by atoms with Gasteiger partial charge in [0.1, 0.15) is 17.5 Å². The fourth-order valence-electron chi connectivity index (χ4n) is 6.44. The molecule has 1 aliphatic carbocycles. The van der Waals surface area contributed by atoms with E-state index in [2.05, 4.69) is 116 Å². The van der Waals surface area contributed by atoms with Crippen LogP contribution in [0, 0.1) is 0 Å². The number of nitrogens with one attached hydrogen (secondary N) is 3. The molecule has 4 aromatic rings. The Bertz CT molecular complexity index is 1270. The van der Waals surface area contributed by atoms with Crippen LogP contribution in [0.3, 0.4) is 0 Å². The van der Waals surface area contributed by atoms with Gasteiger partial charge in [-0.25, -0.2) is 15.0 Å². The van der Waals surface area contributed by atoms with E-state index >= 15 is 0 Å². The summed E-state index contributed by atoms with van der Waals surface area (Å²) in [5.41, 5.74) is 4.82. The molecular formula is C37H49N7. The smallest absolute Gasteiger partial charge is 0.224 e. The molecule has 0 spiro atoms. The Morgan fingerprint density at radius 2 is 1.02 bits per heavy atom. The van der Waals surface area contributed by atoms with Gasteiger partial charge in [0.2, 0.25) is 5.95 Å². The lowest BCUT2D eigenvalue weighted by atomic mass is 9.50. The predicted molar refractivity (Wildman–Crippen MR) is 183 cm³/mol. The van der Waals surface area contributed by atoms with E-state index in [1.54, 1.807) is 0 Å². The highest BCUT2D eigenvalue weighted by Crippen LogP contribution is 2.66.